The number of carbonyl (C=O) groups is 9. The average molecular weight is 1110 g/mol. The van der Waals surface area contributed by atoms with Crippen LogP contribution in [0.4, 0.5) is 4.39 Å². The van der Waals surface area contributed by atoms with E-state index in [1.54, 1.807) is 14.1 Å². The minimum Gasteiger partial charge on any atom is -0.481 e. The number of nitrogens with two attached hydrogens (primary N) is 1. The molecule has 1 saturated carbocycles. The minimum atomic E-state index is -1.65. The smallest absolute Gasteiger partial charge is 0.326 e. The number of hydrogen-bond acceptors (Lipinski definition) is 12. The predicted octanol–water partition coefficient (Wildman–Crippen LogP) is 6.12. The van der Waals surface area contributed by atoms with Crippen LogP contribution in [0.25, 0.3) is 0 Å². The molecule has 0 aromatic heterocycles. The first kappa shape index (κ1) is 71.3. The Labute approximate surface area is 465 Å². The van der Waals surface area contributed by atoms with Crippen LogP contribution >= 0.6 is 0 Å². The molecule has 450 valence electrons. The van der Waals surface area contributed by atoms with Crippen molar-refractivity contribution in [1.82, 2.24) is 42.5 Å². The predicted molar refractivity (Wildman–Crippen MR) is 301 cm³/mol. The molecule has 78 heavy (non-hydrogen) atoms. The maximum absolute atomic E-state index is 13.4. The first-order valence-corrected chi connectivity index (χ1v) is 29.8. The fourth-order valence-corrected chi connectivity index (χ4v) is 9.64. The third-order valence-electron chi connectivity index (χ3n) is 14.8. The highest BCUT2D eigenvalue weighted by Gasteiger charge is 2.31. The Morgan fingerprint density at radius 2 is 0.897 bits per heavy atom. The number of likely N-dealkylation sites (N-methyl/N-ethyl adjacent to an activating group) is 2. The van der Waals surface area contributed by atoms with Gasteiger partial charge in [0.15, 0.2) is 0 Å². The Morgan fingerprint density at radius 3 is 1.31 bits per heavy atom. The topological polar surface area (TPSA) is 316 Å². The van der Waals surface area contributed by atoms with Crippen LogP contribution in [0.3, 0.4) is 0 Å². The number of rotatable bonds is 49. The minimum absolute atomic E-state index is 0.0452. The van der Waals surface area contributed by atoms with Crippen LogP contribution in [0.5, 0.6) is 0 Å². The third-order valence-corrected chi connectivity index (χ3v) is 14.8. The molecule has 1 fully saturated rings. The van der Waals surface area contributed by atoms with Gasteiger partial charge in [0.25, 0.3) is 0 Å². The van der Waals surface area contributed by atoms with E-state index in [4.69, 9.17) is 10.8 Å². The van der Waals surface area contributed by atoms with Gasteiger partial charge in [0.05, 0.1) is 17.6 Å². The quantitative estimate of drug-likeness (QED) is 0.0242. The standard InChI is InChI=1S/C57H104FN9O11/c1-57(2,59)56(78)67-44(51(58)72)27-21-25-39-63-54(75)46(61-4)29-23-26-40-64-53(74)45(60-3)28-22-24-38-62-49(69)37-36-47(55(76)77)66-52(73)43-34-32-42(33-35-43)41-65-48(68)30-19-17-15-13-11-9-7-5-6-8-10-12-14-16-18-20-31-50(70)71/h42-47,60-61H,5-41,59H2,1-4H3,(H,62,69)(H,63,75)(H,64,74)(H,65,68)(H,66,73)(H,67,78)(H,70,71)(H,76,77)/t42?,43?,44?,45-,46?,47?/m0/s1. The summed E-state index contributed by atoms with van der Waals surface area (Å²) in [4.78, 5) is 110. The number of unbranched alkanes of at least 4 members (excludes halogenated alkanes) is 18. The molecule has 0 aromatic carbocycles. The molecule has 4 atom stereocenters. The molecule has 0 aromatic rings. The molecule has 0 spiro atoms. The number of carbonyl (C=O) groups excluding carboxylic acids is 7. The number of amides is 6. The molecule has 0 saturated heterocycles. The van der Waals surface area contributed by atoms with Crippen LogP contribution in [0.15, 0.2) is 0 Å². The zero-order valence-electron chi connectivity index (χ0n) is 48.2. The van der Waals surface area contributed by atoms with Gasteiger partial charge in [-0.3, -0.25) is 38.4 Å². The zero-order chi connectivity index (χ0) is 58.0. The number of carboxylic acid groups (broad SMARTS) is 2. The van der Waals surface area contributed by atoms with Crippen molar-refractivity contribution in [2.45, 2.75) is 255 Å². The van der Waals surface area contributed by atoms with Crippen LogP contribution in [0.2, 0.25) is 0 Å². The molecular weight excluding hydrogens is 1010 g/mol. The van der Waals surface area contributed by atoms with E-state index < -0.39 is 53.6 Å². The normalized spacial score (nSPS) is 16.0. The second kappa shape index (κ2) is 44.0. The van der Waals surface area contributed by atoms with Crippen molar-refractivity contribution in [2.24, 2.45) is 17.6 Å². The fourth-order valence-electron chi connectivity index (χ4n) is 9.64. The molecule has 0 aliphatic heterocycles. The lowest BCUT2D eigenvalue weighted by atomic mass is 9.81. The summed E-state index contributed by atoms with van der Waals surface area (Å²) in [6, 6.07) is -5.02. The van der Waals surface area contributed by atoms with Crippen molar-refractivity contribution in [3.63, 3.8) is 0 Å². The molecule has 0 heterocycles. The van der Waals surface area contributed by atoms with E-state index in [1.807, 2.05) is 0 Å². The SMILES string of the molecule is CNC(CCCCNC(=O)[C@H](CCCCNC(=O)CCC(NC(=O)C1CCC(CNC(=O)CCCCCCCCCCCCCCCCCCC(=O)O)CC1)C(=O)O)NC)C(=O)NCCCCC(NC(=O)C(C)(C)N)C(=O)F. The van der Waals surface area contributed by atoms with Gasteiger partial charge in [-0.1, -0.05) is 89.9 Å². The highest BCUT2D eigenvalue weighted by atomic mass is 19.1. The molecule has 1 rings (SSSR count). The van der Waals surface area contributed by atoms with Crippen LogP contribution in [0, 0.1) is 11.8 Å². The summed E-state index contributed by atoms with van der Waals surface area (Å²) in [5.41, 5.74) is 4.45. The molecule has 20 nitrogen and oxygen atoms in total. The largest absolute Gasteiger partial charge is 0.481 e. The van der Waals surface area contributed by atoms with Gasteiger partial charge in [-0.05, 0) is 137 Å². The number of nitrogens with one attached hydrogen (secondary N) is 8. The van der Waals surface area contributed by atoms with E-state index in [-0.39, 0.29) is 67.1 Å². The molecule has 1 aliphatic rings. The lowest BCUT2D eigenvalue weighted by Crippen LogP contribution is -2.53. The molecule has 0 radical (unpaired) electrons. The van der Waals surface area contributed by atoms with Crippen molar-refractivity contribution in [2.75, 3.05) is 40.3 Å². The van der Waals surface area contributed by atoms with E-state index in [9.17, 15) is 52.6 Å². The Morgan fingerprint density at radius 1 is 0.487 bits per heavy atom. The first-order chi connectivity index (χ1) is 37.3. The highest BCUT2D eigenvalue weighted by molar-refractivity contribution is 5.89. The van der Waals surface area contributed by atoms with Crippen molar-refractivity contribution < 1.29 is 57.8 Å². The van der Waals surface area contributed by atoms with E-state index in [0.717, 1.165) is 51.4 Å². The van der Waals surface area contributed by atoms with Crippen molar-refractivity contribution >= 4 is 53.4 Å². The number of halogens is 1. The molecule has 21 heteroatoms. The molecule has 0 bridgehead atoms. The van der Waals surface area contributed by atoms with Crippen LogP contribution in [0.1, 0.15) is 226 Å². The first-order valence-electron chi connectivity index (χ1n) is 29.8. The second-order valence-electron chi connectivity index (χ2n) is 22.2. The summed E-state index contributed by atoms with van der Waals surface area (Å²) < 4.78 is 13.4. The molecule has 3 unspecified atom stereocenters. The summed E-state index contributed by atoms with van der Waals surface area (Å²) in [5, 5.41) is 41.1. The molecule has 1 aliphatic carbocycles. The molecular formula is C57H104FN9O11. The summed E-state index contributed by atoms with van der Waals surface area (Å²) >= 11 is 0. The van der Waals surface area contributed by atoms with Crippen LogP contribution in [-0.4, -0.2) is 134 Å². The number of hydrogen-bond donors (Lipinski definition) is 11. The Kier molecular flexibility index (Phi) is 40.2. The van der Waals surface area contributed by atoms with Crippen molar-refractivity contribution in [3.05, 3.63) is 0 Å². The monoisotopic (exact) mass is 1110 g/mol. The van der Waals surface area contributed by atoms with E-state index >= 15 is 0 Å². The van der Waals surface area contributed by atoms with Gasteiger partial charge in [-0.15, -0.1) is 0 Å². The highest BCUT2D eigenvalue weighted by Crippen LogP contribution is 2.29. The molecule has 12 N–H and O–H groups in total. The maximum atomic E-state index is 13.4. The lowest BCUT2D eigenvalue weighted by molar-refractivity contribution is -0.143. The van der Waals surface area contributed by atoms with Gasteiger partial charge >= 0.3 is 18.0 Å². The van der Waals surface area contributed by atoms with Crippen LogP contribution in [-0.2, 0) is 43.2 Å². The van der Waals surface area contributed by atoms with E-state index in [0.29, 0.717) is 96.8 Å². The number of carboxylic acids is 2. The van der Waals surface area contributed by atoms with Crippen molar-refractivity contribution in [3.8, 4) is 0 Å². The summed E-state index contributed by atoms with van der Waals surface area (Å²) in [5.74, 6) is -3.51. The zero-order valence-corrected chi connectivity index (χ0v) is 48.2. The molecule has 6 amide bonds. The summed E-state index contributed by atoms with van der Waals surface area (Å²) in [6.07, 6.45) is 26.7. The van der Waals surface area contributed by atoms with Gasteiger partial charge < -0.3 is 58.5 Å². The van der Waals surface area contributed by atoms with Gasteiger partial charge in [0.1, 0.15) is 12.1 Å². The van der Waals surface area contributed by atoms with Gasteiger partial charge in [0.2, 0.25) is 35.4 Å². The van der Waals surface area contributed by atoms with Gasteiger partial charge in [-0.25, -0.2) is 4.79 Å². The van der Waals surface area contributed by atoms with Gasteiger partial charge in [-0.2, -0.15) is 4.39 Å². The Balaban J connectivity index is 2.15. The number of aliphatic carboxylic acids is 2. The summed E-state index contributed by atoms with van der Waals surface area (Å²) in [7, 11) is 3.38. The third kappa shape index (κ3) is 36.4. The maximum Gasteiger partial charge on any atom is 0.326 e. The average Bonchev–Trinajstić information content (AvgIpc) is 3.39. The summed E-state index contributed by atoms with van der Waals surface area (Å²) in [6.45, 7) is 4.57. The van der Waals surface area contributed by atoms with Crippen molar-refractivity contribution in [1.29, 1.82) is 0 Å². The van der Waals surface area contributed by atoms with Gasteiger partial charge in [0, 0.05) is 51.4 Å². The fraction of sp³-hybridized carbons (Fsp3) is 0.842. The second-order valence-corrected chi connectivity index (χ2v) is 22.2. The Hall–Kier alpha value is -4.76. The lowest BCUT2D eigenvalue weighted by Gasteiger charge is -2.28. The van der Waals surface area contributed by atoms with E-state index in [2.05, 4.69) is 42.5 Å². The Bertz CT molecular complexity index is 1750. The van der Waals surface area contributed by atoms with Crippen LogP contribution < -0.4 is 48.3 Å². The van der Waals surface area contributed by atoms with E-state index in [1.165, 1.54) is 78.1 Å².